The number of rotatable bonds is 1. The van der Waals surface area contributed by atoms with Gasteiger partial charge in [-0.05, 0) is 37.5 Å². The lowest BCUT2D eigenvalue weighted by Crippen LogP contribution is -2.29. The highest BCUT2D eigenvalue weighted by Crippen LogP contribution is 2.32. The number of nitrogens with zero attached hydrogens (tertiary/aromatic N) is 3. The van der Waals surface area contributed by atoms with E-state index in [1.165, 1.54) is 6.20 Å². The number of hydrogen-bond donors (Lipinski definition) is 1. The lowest BCUT2D eigenvalue weighted by Gasteiger charge is -2.17. The summed E-state index contributed by atoms with van der Waals surface area (Å²) in [6.07, 6.45) is 3.97. The lowest BCUT2D eigenvalue weighted by atomic mass is 10.1. The summed E-state index contributed by atoms with van der Waals surface area (Å²) in [6.45, 7) is 4.48. The molecule has 0 aliphatic carbocycles. The van der Waals surface area contributed by atoms with Gasteiger partial charge in [0.25, 0.3) is 5.91 Å². The SMILES string of the molecule is Cc1cnc(C(=O)N2CCc3cc(C)c(N)cc32)cn1. The van der Waals surface area contributed by atoms with Gasteiger partial charge in [-0.2, -0.15) is 0 Å². The maximum Gasteiger partial charge on any atom is 0.278 e. The van der Waals surface area contributed by atoms with Crippen molar-refractivity contribution >= 4 is 17.3 Å². The molecule has 2 heterocycles. The van der Waals surface area contributed by atoms with Crippen LogP contribution in [0.4, 0.5) is 11.4 Å². The van der Waals surface area contributed by atoms with Crippen molar-refractivity contribution in [3.63, 3.8) is 0 Å². The highest BCUT2D eigenvalue weighted by atomic mass is 16.2. The van der Waals surface area contributed by atoms with Crippen LogP contribution in [0.25, 0.3) is 0 Å². The Balaban J connectivity index is 1.96. The third kappa shape index (κ3) is 2.01. The van der Waals surface area contributed by atoms with Crippen LogP contribution in [0.3, 0.4) is 0 Å². The van der Waals surface area contributed by atoms with E-state index in [1.54, 1.807) is 11.1 Å². The molecule has 0 unspecified atom stereocenters. The summed E-state index contributed by atoms with van der Waals surface area (Å²) in [5.41, 5.74) is 10.9. The predicted octanol–water partition coefficient (Wildman–Crippen LogP) is 1.88. The molecule has 1 aliphatic rings. The Hall–Kier alpha value is -2.43. The number of anilines is 2. The van der Waals surface area contributed by atoms with E-state index in [0.717, 1.165) is 28.9 Å². The van der Waals surface area contributed by atoms with Gasteiger partial charge < -0.3 is 10.6 Å². The maximum atomic E-state index is 12.5. The molecule has 5 heteroatoms. The molecule has 0 saturated carbocycles. The fourth-order valence-electron chi connectivity index (χ4n) is 2.43. The average molecular weight is 268 g/mol. The van der Waals surface area contributed by atoms with Crippen molar-refractivity contribution in [1.29, 1.82) is 0 Å². The van der Waals surface area contributed by atoms with Crippen LogP contribution in [0, 0.1) is 13.8 Å². The predicted molar refractivity (Wildman–Crippen MR) is 77.7 cm³/mol. The maximum absolute atomic E-state index is 12.5. The van der Waals surface area contributed by atoms with E-state index < -0.39 is 0 Å². The Labute approximate surface area is 117 Å². The number of nitrogens with two attached hydrogens (primary N) is 1. The molecule has 0 atom stereocenters. The van der Waals surface area contributed by atoms with Crippen LogP contribution in [-0.4, -0.2) is 22.4 Å². The number of aryl methyl sites for hydroxylation is 2. The number of hydrogen-bond acceptors (Lipinski definition) is 4. The van der Waals surface area contributed by atoms with Gasteiger partial charge in [0.2, 0.25) is 0 Å². The number of fused-ring (bicyclic) bond motifs is 1. The number of nitrogen functional groups attached to an aromatic ring is 1. The summed E-state index contributed by atoms with van der Waals surface area (Å²) < 4.78 is 0. The van der Waals surface area contributed by atoms with Gasteiger partial charge in [0.1, 0.15) is 5.69 Å². The average Bonchev–Trinajstić information content (AvgIpc) is 2.82. The van der Waals surface area contributed by atoms with Crippen LogP contribution in [0.1, 0.15) is 27.3 Å². The second-order valence-corrected chi connectivity index (χ2v) is 5.09. The highest BCUT2D eigenvalue weighted by Gasteiger charge is 2.27. The number of amides is 1. The van der Waals surface area contributed by atoms with E-state index in [0.29, 0.717) is 17.9 Å². The first-order valence-electron chi connectivity index (χ1n) is 6.56. The molecule has 1 aromatic carbocycles. The zero-order valence-electron chi connectivity index (χ0n) is 11.6. The van der Waals surface area contributed by atoms with Crippen LogP contribution in [0.2, 0.25) is 0 Å². The number of benzene rings is 1. The van der Waals surface area contributed by atoms with Gasteiger partial charge >= 0.3 is 0 Å². The molecule has 1 aliphatic heterocycles. The van der Waals surface area contributed by atoms with Crippen LogP contribution in [-0.2, 0) is 6.42 Å². The second-order valence-electron chi connectivity index (χ2n) is 5.09. The molecular weight excluding hydrogens is 252 g/mol. The Kier molecular flexibility index (Phi) is 2.89. The van der Waals surface area contributed by atoms with Gasteiger partial charge in [0, 0.05) is 24.1 Å². The zero-order valence-corrected chi connectivity index (χ0v) is 11.6. The Bertz CT molecular complexity index is 679. The summed E-state index contributed by atoms with van der Waals surface area (Å²) >= 11 is 0. The minimum Gasteiger partial charge on any atom is -0.398 e. The highest BCUT2D eigenvalue weighted by molar-refractivity contribution is 6.06. The van der Waals surface area contributed by atoms with Crippen molar-refractivity contribution < 1.29 is 4.79 Å². The van der Waals surface area contributed by atoms with E-state index >= 15 is 0 Å². The van der Waals surface area contributed by atoms with Gasteiger partial charge in [0.15, 0.2) is 0 Å². The zero-order chi connectivity index (χ0) is 14.3. The summed E-state index contributed by atoms with van der Waals surface area (Å²) in [5, 5.41) is 0. The number of carbonyl (C=O) groups is 1. The van der Waals surface area contributed by atoms with Crippen molar-refractivity contribution in [2.45, 2.75) is 20.3 Å². The van der Waals surface area contributed by atoms with E-state index in [-0.39, 0.29) is 5.91 Å². The minimum absolute atomic E-state index is 0.125. The Morgan fingerprint density at radius 1 is 1.25 bits per heavy atom. The Morgan fingerprint density at radius 3 is 2.75 bits per heavy atom. The first-order chi connectivity index (χ1) is 9.56. The van der Waals surface area contributed by atoms with Crippen LogP contribution >= 0.6 is 0 Å². The molecule has 2 aromatic rings. The fourth-order valence-corrected chi connectivity index (χ4v) is 2.43. The molecule has 0 spiro atoms. The lowest BCUT2D eigenvalue weighted by molar-refractivity contribution is 0.0984. The van der Waals surface area contributed by atoms with E-state index in [2.05, 4.69) is 16.0 Å². The van der Waals surface area contributed by atoms with Crippen molar-refractivity contribution in [3.8, 4) is 0 Å². The largest absolute Gasteiger partial charge is 0.398 e. The smallest absolute Gasteiger partial charge is 0.278 e. The molecular formula is C15H16N4O. The molecule has 0 radical (unpaired) electrons. The Morgan fingerprint density at radius 2 is 2.05 bits per heavy atom. The van der Waals surface area contributed by atoms with E-state index in [4.69, 9.17) is 5.73 Å². The van der Waals surface area contributed by atoms with Crippen molar-refractivity contribution in [1.82, 2.24) is 9.97 Å². The first-order valence-corrected chi connectivity index (χ1v) is 6.56. The first kappa shape index (κ1) is 12.6. The molecule has 5 nitrogen and oxygen atoms in total. The molecule has 0 saturated heterocycles. The van der Waals surface area contributed by atoms with Crippen molar-refractivity contribution in [2.75, 3.05) is 17.2 Å². The third-order valence-electron chi connectivity index (χ3n) is 3.61. The van der Waals surface area contributed by atoms with Crippen LogP contribution in [0.5, 0.6) is 0 Å². The minimum atomic E-state index is -0.125. The van der Waals surface area contributed by atoms with Gasteiger partial charge in [-0.15, -0.1) is 0 Å². The summed E-state index contributed by atoms with van der Waals surface area (Å²) in [6, 6.07) is 3.93. The molecule has 20 heavy (non-hydrogen) atoms. The molecule has 1 amide bonds. The van der Waals surface area contributed by atoms with Gasteiger partial charge in [-0.3, -0.25) is 9.78 Å². The van der Waals surface area contributed by atoms with Crippen molar-refractivity contribution in [3.05, 3.63) is 47.0 Å². The second kappa shape index (κ2) is 4.59. The van der Waals surface area contributed by atoms with E-state index in [9.17, 15) is 4.79 Å². The quantitative estimate of drug-likeness (QED) is 0.801. The molecule has 3 rings (SSSR count). The summed E-state index contributed by atoms with van der Waals surface area (Å²) in [4.78, 5) is 22.5. The van der Waals surface area contributed by atoms with Gasteiger partial charge in [-0.25, -0.2) is 4.98 Å². The van der Waals surface area contributed by atoms with Crippen molar-refractivity contribution in [2.24, 2.45) is 0 Å². The summed E-state index contributed by atoms with van der Waals surface area (Å²) in [7, 11) is 0. The molecule has 1 aromatic heterocycles. The standard InChI is InChI=1S/C15H16N4O/c1-9-5-11-3-4-19(14(11)6-12(9)16)15(20)13-8-17-10(2)7-18-13/h5-8H,3-4,16H2,1-2H3. The topological polar surface area (TPSA) is 72.1 Å². The van der Waals surface area contributed by atoms with Crippen LogP contribution in [0.15, 0.2) is 24.5 Å². The summed E-state index contributed by atoms with van der Waals surface area (Å²) in [5.74, 6) is -0.125. The molecule has 2 N–H and O–H groups in total. The fraction of sp³-hybridized carbons (Fsp3) is 0.267. The molecule has 102 valence electrons. The number of aromatic nitrogens is 2. The normalized spacial score (nSPS) is 13.4. The number of carbonyl (C=O) groups excluding carboxylic acids is 1. The monoisotopic (exact) mass is 268 g/mol. The third-order valence-corrected chi connectivity index (χ3v) is 3.61. The van der Waals surface area contributed by atoms with Crippen LogP contribution < -0.4 is 10.6 Å². The molecule has 0 bridgehead atoms. The van der Waals surface area contributed by atoms with Gasteiger partial charge in [0.05, 0.1) is 11.9 Å². The van der Waals surface area contributed by atoms with E-state index in [1.807, 2.05) is 19.9 Å². The van der Waals surface area contributed by atoms with Gasteiger partial charge in [-0.1, -0.05) is 6.07 Å². The molecule has 0 fully saturated rings.